The van der Waals surface area contributed by atoms with Gasteiger partial charge in [0.05, 0.1) is 47.1 Å². The van der Waals surface area contributed by atoms with E-state index in [4.69, 9.17) is 31.4 Å². The number of alkyl halides is 3. The second kappa shape index (κ2) is 15.5. The molecule has 0 saturated heterocycles. The summed E-state index contributed by atoms with van der Waals surface area (Å²) in [6, 6.07) is 5.27. The van der Waals surface area contributed by atoms with Crippen LogP contribution in [-0.2, 0) is 26.4 Å². The highest BCUT2D eigenvalue weighted by molar-refractivity contribution is 7.94. The fraction of sp³-hybridized carbons (Fsp3) is 0.300. The molecular formula is C20H23ClF3N2O10PS. The molecule has 2 aromatic carbocycles. The van der Waals surface area contributed by atoms with Crippen LogP contribution in [0.5, 0.6) is 11.5 Å². The van der Waals surface area contributed by atoms with E-state index in [9.17, 15) is 42.3 Å². The van der Waals surface area contributed by atoms with Gasteiger partial charge in [0.2, 0.25) is 0 Å². The van der Waals surface area contributed by atoms with Crippen molar-refractivity contribution in [2.24, 2.45) is 0 Å². The average Bonchev–Trinajstić information content (AvgIpc) is 2.73. The molecule has 0 aliphatic carbocycles. The van der Waals surface area contributed by atoms with E-state index in [0.717, 1.165) is 30.3 Å². The number of nitrogens with one attached hydrogen (secondary N) is 1. The lowest BCUT2D eigenvalue weighted by Crippen LogP contribution is -2.25. The van der Waals surface area contributed by atoms with Gasteiger partial charge in [0.25, 0.3) is 5.69 Å². The van der Waals surface area contributed by atoms with E-state index in [0.29, 0.717) is 17.0 Å². The van der Waals surface area contributed by atoms with E-state index in [1.165, 1.54) is 0 Å². The monoisotopic (exact) mass is 606 g/mol. The highest BCUT2D eigenvalue weighted by Crippen LogP contribution is 2.37. The number of ether oxygens (including phenoxy) is 1. The zero-order valence-corrected chi connectivity index (χ0v) is 22.4. The molecule has 0 radical (unpaired) electrons. The Bertz CT molecular complexity index is 1180. The van der Waals surface area contributed by atoms with Gasteiger partial charge in [0.1, 0.15) is 24.7 Å². The Morgan fingerprint density at radius 1 is 1.16 bits per heavy atom. The predicted octanol–water partition coefficient (Wildman–Crippen LogP) is 3.42. The maximum absolute atomic E-state index is 12.6. The second-order valence-electron chi connectivity index (χ2n) is 7.33. The number of hydrogen-bond donors (Lipinski definition) is 4. The molecule has 0 fully saturated rings. The number of benzene rings is 2. The van der Waals surface area contributed by atoms with Crippen LogP contribution >= 0.6 is 19.2 Å². The summed E-state index contributed by atoms with van der Waals surface area (Å²) in [6.45, 7) is -0.479. The molecule has 0 heterocycles. The number of carboxylic acid groups (broad SMARTS) is 2. The second-order valence-corrected chi connectivity index (χ2v) is 11.8. The van der Waals surface area contributed by atoms with Gasteiger partial charge in [-0.05, 0) is 35.2 Å². The standard InChI is InChI=1S/C14H7ClF3NO5.C3H8NO5P.C3H9S/c15-10-5-7(14(16,17)18)1-4-12(10)24-8-2-3-11(19(22)23)9(6-8)13(20)21;5-3(6)1-4-2-10(7,8)9;1-4(2)3/h1-6H,(H,20,21);4H,1-2H2,(H,5,6)(H2,7,8,9);1-3H3/q;;+1/p-1. The number of rotatable bonds is 8. The molecule has 0 aliphatic heterocycles. The summed E-state index contributed by atoms with van der Waals surface area (Å²) in [6.07, 6.45) is 1.30. The van der Waals surface area contributed by atoms with Gasteiger partial charge in [-0.25, -0.2) is 4.79 Å². The number of aromatic carboxylic acids is 1. The van der Waals surface area contributed by atoms with Crippen LogP contribution in [0.2, 0.25) is 5.02 Å². The molecular weight excluding hydrogens is 584 g/mol. The molecule has 18 heteroatoms. The molecule has 2 aromatic rings. The fourth-order valence-corrected chi connectivity index (χ4v) is 2.71. The van der Waals surface area contributed by atoms with Gasteiger partial charge in [-0.15, -0.1) is 0 Å². The maximum Gasteiger partial charge on any atom is 0.416 e. The van der Waals surface area contributed by atoms with Crippen molar-refractivity contribution < 1.29 is 57.0 Å². The lowest BCUT2D eigenvalue weighted by atomic mass is 10.1. The van der Waals surface area contributed by atoms with Crippen LogP contribution < -0.4 is 14.9 Å². The molecule has 1 unspecified atom stereocenters. The fourth-order valence-electron chi connectivity index (χ4n) is 2.10. The van der Waals surface area contributed by atoms with Gasteiger partial charge < -0.3 is 29.3 Å². The first-order valence-electron chi connectivity index (χ1n) is 9.75. The largest absolute Gasteiger partial charge is 0.778 e. The Kier molecular flexibility index (Phi) is 14.3. The summed E-state index contributed by atoms with van der Waals surface area (Å²) in [5.41, 5.74) is -2.25. The lowest BCUT2D eigenvalue weighted by Gasteiger charge is -2.14. The van der Waals surface area contributed by atoms with Crippen molar-refractivity contribution in [3.8, 4) is 11.5 Å². The molecule has 4 N–H and O–H groups in total. The molecule has 38 heavy (non-hydrogen) atoms. The van der Waals surface area contributed by atoms with Crippen molar-refractivity contribution in [2.45, 2.75) is 6.18 Å². The van der Waals surface area contributed by atoms with Crippen LogP contribution in [0.25, 0.3) is 0 Å². The van der Waals surface area contributed by atoms with Crippen LogP contribution in [0.3, 0.4) is 0 Å². The molecule has 12 nitrogen and oxygen atoms in total. The normalized spacial score (nSPS) is 12.3. The molecule has 1 atom stereocenters. The van der Waals surface area contributed by atoms with Crippen LogP contribution in [-0.4, -0.2) is 63.6 Å². The van der Waals surface area contributed by atoms with E-state index < -0.39 is 60.3 Å². The number of hydrogen-bond acceptors (Lipinski definition) is 8. The number of nitro groups is 1. The Hall–Kier alpha value is -2.88. The number of carboxylic acids is 2. The maximum atomic E-state index is 12.6. The highest BCUT2D eigenvalue weighted by atomic mass is 35.5. The summed E-state index contributed by atoms with van der Waals surface area (Å²) in [5.74, 6) is -3.01. The molecule has 212 valence electrons. The molecule has 0 aromatic heterocycles. The van der Waals surface area contributed by atoms with Crippen molar-refractivity contribution in [1.29, 1.82) is 0 Å². The third kappa shape index (κ3) is 14.8. The van der Waals surface area contributed by atoms with Gasteiger partial charge in [-0.1, -0.05) is 11.6 Å². The van der Waals surface area contributed by atoms with E-state index in [1.54, 1.807) is 0 Å². The molecule has 0 saturated carbocycles. The summed E-state index contributed by atoms with van der Waals surface area (Å²) < 4.78 is 52.8. The topological polar surface area (TPSA) is 199 Å². The minimum Gasteiger partial charge on any atom is -0.778 e. The van der Waals surface area contributed by atoms with Crippen molar-refractivity contribution in [3.05, 3.63) is 62.7 Å². The molecule has 0 aliphatic rings. The summed E-state index contributed by atoms with van der Waals surface area (Å²) in [7, 11) is -3.71. The zero-order valence-electron chi connectivity index (χ0n) is 19.9. The van der Waals surface area contributed by atoms with E-state index >= 15 is 0 Å². The number of aliphatic carboxylic acids is 1. The number of carbonyl (C=O) groups is 2. The van der Waals surface area contributed by atoms with Gasteiger partial charge in [-0.2, -0.15) is 13.2 Å². The number of halogens is 4. The number of nitro benzene ring substituents is 1. The van der Waals surface area contributed by atoms with Gasteiger partial charge in [0, 0.05) is 12.1 Å². The first kappa shape index (κ1) is 35.1. The Labute approximate surface area is 222 Å². The molecule has 2 rings (SSSR count). The third-order valence-electron chi connectivity index (χ3n) is 3.47. The zero-order chi connectivity index (χ0) is 29.8. The van der Waals surface area contributed by atoms with Crippen LogP contribution in [0, 0.1) is 10.1 Å². The SMILES string of the molecule is C[S+](C)C.O=C(O)CNCP(=O)([O-])O.O=C(O)c1cc(Oc2ccc(C(F)(F)F)cc2Cl)ccc1[N+](=O)[O-]. The van der Waals surface area contributed by atoms with E-state index in [2.05, 4.69) is 18.8 Å². The average molecular weight is 607 g/mol. The first-order valence-corrected chi connectivity index (χ1v) is 14.3. The van der Waals surface area contributed by atoms with Crippen molar-refractivity contribution in [2.75, 3.05) is 31.6 Å². The van der Waals surface area contributed by atoms with Crippen LogP contribution in [0.15, 0.2) is 36.4 Å². The molecule has 0 amide bonds. The molecule has 0 bridgehead atoms. The van der Waals surface area contributed by atoms with Crippen molar-refractivity contribution in [1.82, 2.24) is 5.32 Å². The summed E-state index contributed by atoms with van der Waals surface area (Å²) in [4.78, 5) is 48.7. The Balaban J connectivity index is 0.000000812. The van der Waals surface area contributed by atoms with Crippen LogP contribution in [0.4, 0.5) is 18.9 Å². The Morgan fingerprint density at radius 3 is 2.11 bits per heavy atom. The summed E-state index contributed by atoms with van der Waals surface area (Å²) >= 11 is 5.72. The van der Waals surface area contributed by atoms with Gasteiger partial charge in [-0.3, -0.25) is 20.2 Å². The predicted molar refractivity (Wildman–Crippen MR) is 132 cm³/mol. The van der Waals surface area contributed by atoms with Crippen molar-refractivity contribution >= 4 is 47.7 Å². The van der Waals surface area contributed by atoms with E-state index in [1.807, 2.05) is 5.32 Å². The van der Waals surface area contributed by atoms with Crippen molar-refractivity contribution in [3.63, 3.8) is 0 Å². The van der Waals surface area contributed by atoms with Crippen LogP contribution in [0.1, 0.15) is 15.9 Å². The lowest BCUT2D eigenvalue weighted by molar-refractivity contribution is -0.385. The summed E-state index contributed by atoms with van der Waals surface area (Å²) in [5, 5.41) is 29.4. The smallest absolute Gasteiger partial charge is 0.416 e. The van der Waals surface area contributed by atoms with Gasteiger partial charge in [0.15, 0.2) is 0 Å². The highest BCUT2D eigenvalue weighted by Gasteiger charge is 2.31. The third-order valence-corrected chi connectivity index (χ3v) is 4.39. The minimum absolute atomic E-state index is 0.125. The quantitative estimate of drug-likeness (QED) is 0.148. The van der Waals surface area contributed by atoms with E-state index in [-0.39, 0.29) is 16.5 Å². The first-order chi connectivity index (χ1) is 17.2. The Morgan fingerprint density at radius 2 is 1.71 bits per heavy atom. The number of nitrogens with zero attached hydrogens (tertiary/aromatic N) is 1. The van der Waals surface area contributed by atoms with Gasteiger partial charge >= 0.3 is 18.1 Å². The molecule has 0 spiro atoms. The minimum atomic E-state index is -4.58.